The zero-order valence-corrected chi connectivity index (χ0v) is 14.1. The van der Waals surface area contributed by atoms with Crippen molar-refractivity contribution in [1.82, 2.24) is 4.57 Å². The summed E-state index contributed by atoms with van der Waals surface area (Å²) >= 11 is 0. The van der Waals surface area contributed by atoms with Gasteiger partial charge in [0.15, 0.2) is 0 Å². The van der Waals surface area contributed by atoms with Crippen molar-refractivity contribution < 1.29 is 0 Å². The summed E-state index contributed by atoms with van der Waals surface area (Å²) in [6.07, 6.45) is 2.14. The highest BCUT2D eigenvalue weighted by Crippen LogP contribution is 2.24. The van der Waals surface area contributed by atoms with Crippen LogP contribution < -0.4 is 5.43 Å². The summed E-state index contributed by atoms with van der Waals surface area (Å²) in [6.45, 7) is 0. The average molecular weight is 325 g/mol. The summed E-state index contributed by atoms with van der Waals surface area (Å²) in [5.74, 6) is 0. The third-order valence-electron chi connectivity index (χ3n) is 4.27. The Labute approximate surface area is 147 Å². The molecule has 1 heterocycles. The number of fused-ring (bicyclic) bond motifs is 1. The third-order valence-corrected chi connectivity index (χ3v) is 4.27. The second-order valence-corrected chi connectivity index (χ2v) is 5.98. The van der Waals surface area contributed by atoms with Crippen molar-refractivity contribution in [3.05, 3.63) is 102 Å². The number of rotatable bonds is 4. The van der Waals surface area contributed by atoms with Gasteiger partial charge in [-0.15, -0.1) is 0 Å². The number of benzene rings is 3. The Kier molecular flexibility index (Phi) is 4.05. The molecule has 3 nitrogen and oxygen atoms in total. The topological polar surface area (TPSA) is 29.3 Å². The molecule has 0 aliphatic carbocycles. The Morgan fingerprint density at radius 2 is 1.44 bits per heavy atom. The summed E-state index contributed by atoms with van der Waals surface area (Å²) in [5, 5.41) is 5.95. The quantitative estimate of drug-likeness (QED) is 0.413. The van der Waals surface area contributed by atoms with Gasteiger partial charge in [0.2, 0.25) is 0 Å². The highest BCUT2D eigenvalue weighted by atomic mass is 15.3. The lowest BCUT2D eigenvalue weighted by molar-refractivity contribution is 0.968. The van der Waals surface area contributed by atoms with Crippen LogP contribution in [0, 0.1) is 0 Å². The standard InChI is InChI=1S/C22H19N3/c1-25-16-20(19-14-8-9-15-21(19)25)22(17-10-4-2-5-11-17)24-23-18-12-6-3-7-13-18/h2-16,23H,1H3/b24-22+. The van der Waals surface area contributed by atoms with Crippen LogP contribution in [0.15, 0.2) is 96.2 Å². The maximum Gasteiger partial charge on any atom is 0.0999 e. The van der Waals surface area contributed by atoms with Gasteiger partial charge in [-0.2, -0.15) is 5.10 Å². The number of hydrogen-bond acceptors (Lipinski definition) is 2. The number of anilines is 1. The molecule has 0 amide bonds. The van der Waals surface area contributed by atoms with Crippen molar-refractivity contribution in [2.75, 3.05) is 5.43 Å². The molecule has 0 fully saturated rings. The van der Waals surface area contributed by atoms with Crippen LogP contribution in [-0.2, 0) is 7.05 Å². The predicted octanol–water partition coefficient (Wildman–Crippen LogP) is 5.04. The van der Waals surface area contributed by atoms with Crippen LogP contribution in [0.25, 0.3) is 10.9 Å². The van der Waals surface area contributed by atoms with E-state index >= 15 is 0 Å². The molecule has 0 aliphatic rings. The van der Waals surface area contributed by atoms with Gasteiger partial charge in [0.1, 0.15) is 0 Å². The Morgan fingerprint density at radius 1 is 0.800 bits per heavy atom. The molecule has 122 valence electrons. The van der Waals surface area contributed by atoms with E-state index < -0.39 is 0 Å². The van der Waals surface area contributed by atoms with E-state index in [1.54, 1.807) is 0 Å². The van der Waals surface area contributed by atoms with Crippen LogP contribution in [-0.4, -0.2) is 10.3 Å². The third kappa shape index (κ3) is 3.04. The van der Waals surface area contributed by atoms with Crippen LogP contribution in [0.1, 0.15) is 11.1 Å². The smallest absolute Gasteiger partial charge is 0.0999 e. The molecule has 0 atom stereocenters. The van der Waals surface area contributed by atoms with Crippen molar-refractivity contribution in [3.8, 4) is 0 Å². The number of para-hydroxylation sites is 2. The number of hydrogen-bond donors (Lipinski definition) is 1. The summed E-state index contributed by atoms with van der Waals surface area (Å²) in [7, 11) is 2.07. The molecular formula is C22H19N3. The fourth-order valence-corrected chi connectivity index (χ4v) is 3.04. The Hall–Kier alpha value is -3.33. The summed E-state index contributed by atoms with van der Waals surface area (Å²) < 4.78 is 2.14. The number of nitrogens with zero attached hydrogens (tertiary/aromatic N) is 2. The van der Waals surface area contributed by atoms with Crippen LogP contribution in [0.2, 0.25) is 0 Å². The van der Waals surface area contributed by atoms with Crippen molar-refractivity contribution in [2.24, 2.45) is 12.1 Å². The van der Waals surface area contributed by atoms with E-state index in [-0.39, 0.29) is 0 Å². The number of nitrogens with one attached hydrogen (secondary N) is 1. The first-order valence-corrected chi connectivity index (χ1v) is 8.31. The first-order chi connectivity index (χ1) is 12.3. The van der Waals surface area contributed by atoms with Crippen molar-refractivity contribution >= 4 is 22.3 Å². The molecule has 25 heavy (non-hydrogen) atoms. The van der Waals surface area contributed by atoms with Gasteiger partial charge in [0.05, 0.1) is 11.4 Å². The van der Waals surface area contributed by atoms with Crippen LogP contribution in [0.4, 0.5) is 5.69 Å². The zero-order valence-electron chi connectivity index (χ0n) is 14.1. The first kappa shape index (κ1) is 15.2. The first-order valence-electron chi connectivity index (χ1n) is 8.31. The largest absolute Gasteiger partial charge is 0.350 e. The SMILES string of the molecule is Cn1cc(/C(=N/Nc2ccccc2)c2ccccc2)c2ccccc21. The highest BCUT2D eigenvalue weighted by Gasteiger charge is 2.14. The Morgan fingerprint density at radius 3 is 2.20 bits per heavy atom. The minimum absolute atomic E-state index is 0.932. The van der Waals surface area contributed by atoms with Crippen LogP contribution in [0.5, 0.6) is 0 Å². The average Bonchev–Trinajstić information content (AvgIpc) is 3.01. The van der Waals surface area contributed by atoms with E-state index in [0.717, 1.165) is 22.5 Å². The number of hydrazone groups is 1. The van der Waals surface area contributed by atoms with Gasteiger partial charge in [-0.1, -0.05) is 66.7 Å². The maximum absolute atomic E-state index is 4.75. The highest BCUT2D eigenvalue weighted by molar-refractivity contribution is 6.19. The molecule has 1 N–H and O–H groups in total. The second kappa shape index (κ2) is 6.65. The molecule has 1 aromatic heterocycles. The molecule has 0 unspecified atom stereocenters. The molecule has 3 heteroatoms. The van der Waals surface area contributed by atoms with E-state index in [1.807, 2.05) is 48.5 Å². The molecular weight excluding hydrogens is 306 g/mol. The molecule has 4 rings (SSSR count). The van der Waals surface area contributed by atoms with Gasteiger partial charge < -0.3 is 4.57 Å². The second-order valence-electron chi connectivity index (χ2n) is 5.98. The minimum atomic E-state index is 0.932. The number of aryl methyl sites for hydroxylation is 1. The van der Waals surface area contributed by atoms with Gasteiger partial charge in [-0.25, -0.2) is 0 Å². The monoisotopic (exact) mass is 325 g/mol. The van der Waals surface area contributed by atoms with Crippen molar-refractivity contribution in [3.63, 3.8) is 0 Å². The molecule has 0 aliphatic heterocycles. The van der Waals surface area contributed by atoms with Gasteiger partial charge in [-0.3, -0.25) is 5.43 Å². The summed E-state index contributed by atoms with van der Waals surface area (Å²) in [4.78, 5) is 0. The molecule has 0 saturated carbocycles. The van der Waals surface area contributed by atoms with Gasteiger partial charge in [0.25, 0.3) is 0 Å². The van der Waals surface area contributed by atoms with Gasteiger partial charge in [-0.05, 0) is 18.2 Å². The normalized spacial score (nSPS) is 11.6. The van der Waals surface area contributed by atoms with Crippen molar-refractivity contribution in [1.29, 1.82) is 0 Å². The Balaban J connectivity index is 1.85. The molecule has 0 spiro atoms. The van der Waals surface area contributed by atoms with Gasteiger partial charge in [0, 0.05) is 35.3 Å². The van der Waals surface area contributed by atoms with E-state index in [4.69, 9.17) is 5.10 Å². The summed E-state index contributed by atoms with van der Waals surface area (Å²) in [6, 6.07) is 28.7. The molecule has 0 bridgehead atoms. The number of aromatic nitrogens is 1. The fourth-order valence-electron chi connectivity index (χ4n) is 3.04. The van der Waals surface area contributed by atoms with Crippen molar-refractivity contribution in [2.45, 2.75) is 0 Å². The maximum atomic E-state index is 4.75. The van der Waals surface area contributed by atoms with Crippen LogP contribution >= 0.6 is 0 Å². The molecule has 0 radical (unpaired) electrons. The van der Waals surface area contributed by atoms with E-state index in [1.165, 1.54) is 10.9 Å². The fraction of sp³-hybridized carbons (Fsp3) is 0.0455. The van der Waals surface area contributed by atoms with E-state index in [2.05, 4.69) is 59.6 Å². The van der Waals surface area contributed by atoms with Gasteiger partial charge >= 0.3 is 0 Å². The van der Waals surface area contributed by atoms with Crippen LogP contribution in [0.3, 0.4) is 0 Å². The molecule has 0 saturated heterocycles. The lowest BCUT2D eigenvalue weighted by Crippen LogP contribution is -2.06. The Bertz CT molecular complexity index is 1020. The minimum Gasteiger partial charge on any atom is -0.350 e. The lowest BCUT2D eigenvalue weighted by Gasteiger charge is -2.08. The molecule has 4 aromatic rings. The predicted molar refractivity (Wildman–Crippen MR) is 105 cm³/mol. The summed E-state index contributed by atoms with van der Waals surface area (Å²) in [5.41, 5.74) is 8.49. The van der Waals surface area contributed by atoms with E-state index in [9.17, 15) is 0 Å². The molecule has 3 aromatic carbocycles. The zero-order chi connectivity index (χ0) is 17.1. The van der Waals surface area contributed by atoms with E-state index in [0.29, 0.717) is 0 Å². The lowest BCUT2D eigenvalue weighted by atomic mass is 10.0.